The van der Waals surface area contributed by atoms with Crippen molar-refractivity contribution in [2.45, 2.75) is 0 Å². The largest absolute Gasteiger partial charge is 0.317 e. The number of nitrogens with zero attached hydrogens (tertiary/aromatic N) is 3. The molecule has 0 fully saturated rings. The Bertz CT molecular complexity index is 2120. The maximum absolute atomic E-state index is 4.19. The van der Waals surface area contributed by atoms with E-state index in [0.717, 1.165) is 5.69 Å². The van der Waals surface area contributed by atoms with Gasteiger partial charge in [0.1, 0.15) is 0 Å². The summed E-state index contributed by atoms with van der Waals surface area (Å²) in [5.74, 6) is 0. The summed E-state index contributed by atoms with van der Waals surface area (Å²) in [5.41, 5.74) is 8.32. The van der Waals surface area contributed by atoms with Crippen LogP contribution in [0.2, 0.25) is 0 Å². The molecule has 3 heteroatoms. The SMILES string of the molecule is c1ccc(-n2ccc3cc4cc5c(cc4cc32)c2ccccc2n5-c2cccc(-c3ccncc3)c2)cc1. The van der Waals surface area contributed by atoms with Crippen molar-refractivity contribution < 1.29 is 0 Å². The zero-order valence-electron chi connectivity index (χ0n) is 20.6. The van der Waals surface area contributed by atoms with E-state index in [4.69, 9.17) is 0 Å². The van der Waals surface area contributed by atoms with Crippen LogP contribution in [0.5, 0.6) is 0 Å². The van der Waals surface area contributed by atoms with E-state index in [9.17, 15) is 0 Å². The summed E-state index contributed by atoms with van der Waals surface area (Å²) >= 11 is 0. The van der Waals surface area contributed by atoms with Gasteiger partial charge >= 0.3 is 0 Å². The van der Waals surface area contributed by atoms with Crippen LogP contribution in [-0.2, 0) is 0 Å². The van der Waals surface area contributed by atoms with Crippen LogP contribution >= 0.6 is 0 Å². The molecule has 38 heavy (non-hydrogen) atoms. The first-order chi connectivity index (χ1) is 18.8. The van der Waals surface area contributed by atoms with Crippen LogP contribution in [0.15, 0.2) is 140 Å². The van der Waals surface area contributed by atoms with Crippen LogP contribution in [0.1, 0.15) is 0 Å². The molecule has 5 aromatic carbocycles. The Morgan fingerprint density at radius 1 is 0.447 bits per heavy atom. The van der Waals surface area contributed by atoms with Gasteiger partial charge in [0.05, 0.1) is 16.6 Å². The molecule has 0 unspecified atom stereocenters. The normalized spacial score (nSPS) is 11.7. The van der Waals surface area contributed by atoms with Crippen LogP contribution in [0.25, 0.3) is 66.0 Å². The van der Waals surface area contributed by atoms with Crippen molar-refractivity contribution in [1.82, 2.24) is 14.1 Å². The Kier molecular flexibility index (Phi) is 4.52. The van der Waals surface area contributed by atoms with Gasteiger partial charge in [0.25, 0.3) is 0 Å². The molecule has 0 N–H and O–H groups in total. The van der Waals surface area contributed by atoms with Gasteiger partial charge in [0, 0.05) is 46.1 Å². The zero-order chi connectivity index (χ0) is 25.1. The van der Waals surface area contributed by atoms with Gasteiger partial charge in [-0.05, 0) is 94.7 Å². The highest BCUT2D eigenvalue weighted by Gasteiger charge is 2.15. The lowest BCUT2D eigenvalue weighted by atomic mass is 10.0. The lowest BCUT2D eigenvalue weighted by Crippen LogP contribution is -1.94. The molecule has 0 radical (unpaired) electrons. The van der Waals surface area contributed by atoms with Gasteiger partial charge in [-0.3, -0.25) is 4.98 Å². The Morgan fingerprint density at radius 3 is 2.11 bits per heavy atom. The van der Waals surface area contributed by atoms with Gasteiger partial charge in [0.2, 0.25) is 0 Å². The van der Waals surface area contributed by atoms with E-state index in [1.165, 1.54) is 60.3 Å². The standard InChI is InChI=1S/C35H23N3/c1-2-8-29(9-3-1)37-18-15-26-19-27-23-35-32(21-28(27)22-34(26)37)31-11-4-5-12-33(31)38(35)30-10-6-7-25(20-30)24-13-16-36-17-14-24/h1-23H. The smallest absolute Gasteiger partial charge is 0.0547 e. The van der Waals surface area contributed by atoms with Crippen LogP contribution in [-0.4, -0.2) is 14.1 Å². The number of aromatic nitrogens is 3. The minimum Gasteiger partial charge on any atom is -0.317 e. The molecule has 0 aliphatic rings. The van der Waals surface area contributed by atoms with E-state index in [1.807, 2.05) is 12.4 Å². The fourth-order valence-corrected chi connectivity index (χ4v) is 5.81. The summed E-state index contributed by atoms with van der Waals surface area (Å²) in [6.07, 6.45) is 5.86. The molecule has 0 atom stereocenters. The van der Waals surface area contributed by atoms with Crippen molar-refractivity contribution in [3.63, 3.8) is 0 Å². The minimum atomic E-state index is 1.15. The summed E-state index contributed by atoms with van der Waals surface area (Å²) in [4.78, 5) is 4.19. The average Bonchev–Trinajstić information content (AvgIpc) is 3.54. The summed E-state index contributed by atoms with van der Waals surface area (Å²) in [7, 11) is 0. The Morgan fingerprint density at radius 2 is 1.21 bits per heavy atom. The number of fused-ring (bicyclic) bond motifs is 5. The lowest BCUT2D eigenvalue weighted by molar-refractivity contribution is 1.13. The second-order valence-electron chi connectivity index (χ2n) is 9.79. The molecular weight excluding hydrogens is 462 g/mol. The molecule has 0 aliphatic carbocycles. The lowest BCUT2D eigenvalue weighted by Gasteiger charge is -2.11. The number of hydrogen-bond acceptors (Lipinski definition) is 1. The number of hydrogen-bond donors (Lipinski definition) is 0. The Hall–Kier alpha value is -5.15. The van der Waals surface area contributed by atoms with E-state index in [0.29, 0.717) is 0 Å². The van der Waals surface area contributed by atoms with Crippen LogP contribution in [0.3, 0.4) is 0 Å². The van der Waals surface area contributed by atoms with Crippen LogP contribution in [0, 0.1) is 0 Å². The maximum Gasteiger partial charge on any atom is 0.0547 e. The fraction of sp³-hybridized carbons (Fsp3) is 0. The molecule has 3 nitrogen and oxygen atoms in total. The zero-order valence-corrected chi connectivity index (χ0v) is 20.6. The summed E-state index contributed by atoms with van der Waals surface area (Å²) in [6.45, 7) is 0. The van der Waals surface area contributed by atoms with E-state index in [-0.39, 0.29) is 0 Å². The van der Waals surface area contributed by atoms with Gasteiger partial charge in [-0.15, -0.1) is 0 Å². The fourth-order valence-electron chi connectivity index (χ4n) is 5.81. The van der Waals surface area contributed by atoms with Gasteiger partial charge in [-0.1, -0.05) is 48.5 Å². The molecule has 8 aromatic rings. The van der Waals surface area contributed by atoms with Gasteiger partial charge in [-0.2, -0.15) is 0 Å². The van der Waals surface area contributed by atoms with Crippen molar-refractivity contribution in [2.24, 2.45) is 0 Å². The van der Waals surface area contributed by atoms with Crippen molar-refractivity contribution in [3.05, 3.63) is 140 Å². The average molecular weight is 486 g/mol. The van der Waals surface area contributed by atoms with E-state index in [1.54, 1.807) is 0 Å². The molecule has 0 saturated heterocycles. The number of pyridine rings is 1. The first-order valence-electron chi connectivity index (χ1n) is 12.9. The van der Waals surface area contributed by atoms with Gasteiger partial charge in [-0.25, -0.2) is 0 Å². The second-order valence-corrected chi connectivity index (χ2v) is 9.79. The van der Waals surface area contributed by atoms with Crippen LogP contribution in [0.4, 0.5) is 0 Å². The molecule has 3 aromatic heterocycles. The Balaban J connectivity index is 1.39. The molecule has 0 amide bonds. The van der Waals surface area contributed by atoms with E-state index < -0.39 is 0 Å². The molecule has 3 heterocycles. The molecule has 8 rings (SSSR count). The topological polar surface area (TPSA) is 22.8 Å². The molecule has 178 valence electrons. The number of rotatable bonds is 3. The minimum absolute atomic E-state index is 1.15. The third-order valence-corrected chi connectivity index (χ3v) is 7.59. The Labute approximate surface area is 219 Å². The monoisotopic (exact) mass is 485 g/mol. The summed E-state index contributed by atoms with van der Waals surface area (Å²) in [6, 6.07) is 43.7. The summed E-state index contributed by atoms with van der Waals surface area (Å²) < 4.78 is 4.67. The highest BCUT2D eigenvalue weighted by atomic mass is 15.0. The number of para-hydroxylation sites is 2. The van der Waals surface area contributed by atoms with Crippen molar-refractivity contribution in [3.8, 4) is 22.5 Å². The van der Waals surface area contributed by atoms with E-state index in [2.05, 4.69) is 142 Å². The molecular formula is C35H23N3. The quantitative estimate of drug-likeness (QED) is 0.245. The van der Waals surface area contributed by atoms with E-state index >= 15 is 0 Å². The molecule has 0 spiro atoms. The first kappa shape index (κ1) is 21.0. The summed E-state index contributed by atoms with van der Waals surface area (Å²) in [5, 5.41) is 6.25. The third-order valence-electron chi connectivity index (χ3n) is 7.59. The molecule has 0 aliphatic heterocycles. The highest BCUT2D eigenvalue weighted by molar-refractivity contribution is 6.15. The maximum atomic E-state index is 4.19. The first-order valence-corrected chi connectivity index (χ1v) is 12.9. The number of benzene rings is 5. The van der Waals surface area contributed by atoms with Gasteiger partial charge in [0.15, 0.2) is 0 Å². The third kappa shape index (κ3) is 3.19. The van der Waals surface area contributed by atoms with Crippen LogP contribution < -0.4 is 0 Å². The molecule has 0 bridgehead atoms. The van der Waals surface area contributed by atoms with Crippen molar-refractivity contribution >= 4 is 43.5 Å². The highest BCUT2D eigenvalue weighted by Crippen LogP contribution is 2.37. The predicted molar refractivity (Wildman–Crippen MR) is 158 cm³/mol. The predicted octanol–water partition coefficient (Wildman–Crippen LogP) is 8.94. The van der Waals surface area contributed by atoms with Gasteiger partial charge < -0.3 is 9.13 Å². The van der Waals surface area contributed by atoms with Crippen molar-refractivity contribution in [1.29, 1.82) is 0 Å². The van der Waals surface area contributed by atoms with Crippen molar-refractivity contribution in [2.75, 3.05) is 0 Å². The molecule has 0 saturated carbocycles. The second kappa shape index (κ2) is 8.19.